The molecule has 3 rings (SSSR count). The van der Waals surface area contributed by atoms with Crippen molar-refractivity contribution in [1.82, 2.24) is 14.6 Å². The zero-order chi connectivity index (χ0) is 25.8. The van der Waals surface area contributed by atoms with Crippen molar-refractivity contribution in [2.75, 3.05) is 13.1 Å². The normalized spacial score (nSPS) is 16.3. The molecule has 1 fully saturated rings. The van der Waals surface area contributed by atoms with Crippen molar-refractivity contribution in [3.05, 3.63) is 53.2 Å². The third-order valence-electron chi connectivity index (χ3n) is 5.55. The predicted octanol–water partition coefficient (Wildman–Crippen LogP) is 5.19. The molecule has 1 aromatic carbocycles. The van der Waals surface area contributed by atoms with E-state index >= 15 is 0 Å². The van der Waals surface area contributed by atoms with Gasteiger partial charge in [-0.3, -0.25) is 0 Å². The summed E-state index contributed by atoms with van der Waals surface area (Å²) in [7, 11) is -3.87. The second kappa shape index (κ2) is 11.1. The lowest BCUT2D eigenvalue weighted by Crippen LogP contribution is -2.44. The molecule has 1 N–H and O–H groups in total. The molecule has 2 heterocycles. The Bertz CT molecular complexity index is 1090. The summed E-state index contributed by atoms with van der Waals surface area (Å²) in [6, 6.07) is 9.68. The van der Waals surface area contributed by atoms with Gasteiger partial charge >= 0.3 is 6.09 Å². The molecule has 0 radical (unpaired) electrons. The quantitative estimate of drug-likeness (QED) is 0.536. The summed E-state index contributed by atoms with van der Waals surface area (Å²) >= 11 is 6.07. The van der Waals surface area contributed by atoms with Gasteiger partial charge in [0.2, 0.25) is 15.9 Å². The SMILES string of the molecule is CC(C)Oc1ccc(S(=O)(=O)N[C@H](c2ccc(Cl)cc2)C2CCN(C(=O)OC(C)(C)C)CC2)cn1. The Morgan fingerprint density at radius 3 is 2.26 bits per heavy atom. The smallest absolute Gasteiger partial charge is 0.410 e. The molecule has 2 aromatic rings. The van der Waals surface area contributed by atoms with Gasteiger partial charge in [-0.1, -0.05) is 23.7 Å². The number of amides is 1. The van der Waals surface area contributed by atoms with Crippen molar-refractivity contribution in [1.29, 1.82) is 0 Å². The number of sulfonamides is 1. The number of pyridine rings is 1. The summed E-state index contributed by atoms with van der Waals surface area (Å²) in [6.07, 6.45) is 2.12. The largest absolute Gasteiger partial charge is 0.475 e. The molecule has 0 aliphatic carbocycles. The highest BCUT2D eigenvalue weighted by atomic mass is 35.5. The number of hydrogen-bond acceptors (Lipinski definition) is 6. The Kier molecular flexibility index (Phi) is 8.67. The van der Waals surface area contributed by atoms with Crippen LogP contribution in [0.25, 0.3) is 0 Å². The van der Waals surface area contributed by atoms with E-state index in [2.05, 4.69) is 9.71 Å². The maximum absolute atomic E-state index is 13.3. The summed E-state index contributed by atoms with van der Waals surface area (Å²) in [6.45, 7) is 10.2. The van der Waals surface area contributed by atoms with E-state index in [4.69, 9.17) is 21.1 Å². The molecule has 1 saturated heterocycles. The van der Waals surface area contributed by atoms with Gasteiger partial charge in [0.25, 0.3) is 0 Å². The van der Waals surface area contributed by atoms with E-state index in [0.717, 1.165) is 5.56 Å². The standard InChI is InChI=1S/C25H34ClN3O5S/c1-17(2)33-22-11-10-21(16-27-22)35(31,32)28-23(18-6-8-20(26)9-7-18)19-12-14-29(15-13-19)24(30)34-25(3,4)5/h6-11,16-17,19,23,28H,12-15H2,1-5H3/t23-/m1/s1. The van der Waals surface area contributed by atoms with E-state index in [-0.39, 0.29) is 23.0 Å². The fourth-order valence-corrected chi connectivity index (χ4v) is 5.28. The number of piperidine rings is 1. The summed E-state index contributed by atoms with van der Waals surface area (Å²) < 4.78 is 40.4. The minimum Gasteiger partial charge on any atom is -0.475 e. The number of ether oxygens (including phenoxy) is 2. The van der Waals surface area contributed by atoms with Gasteiger partial charge in [0.05, 0.1) is 12.3 Å². The molecule has 1 amide bonds. The van der Waals surface area contributed by atoms with Gasteiger partial charge < -0.3 is 14.4 Å². The summed E-state index contributed by atoms with van der Waals surface area (Å²) in [5.41, 5.74) is 0.237. The first-order valence-corrected chi connectivity index (χ1v) is 13.6. The zero-order valence-electron chi connectivity index (χ0n) is 20.8. The highest BCUT2D eigenvalue weighted by Gasteiger charge is 2.34. The van der Waals surface area contributed by atoms with Gasteiger partial charge in [0, 0.05) is 30.2 Å². The predicted molar refractivity (Wildman–Crippen MR) is 135 cm³/mol. The topological polar surface area (TPSA) is 97.8 Å². The first kappa shape index (κ1) is 27.2. The molecule has 0 bridgehead atoms. The number of benzene rings is 1. The third-order valence-corrected chi connectivity index (χ3v) is 7.23. The molecule has 1 aliphatic heterocycles. The van der Waals surface area contributed by atoms with Crippen LogP contribution in [-0.2, 0) is 14.8 Å². The van der Waals surface area contributed by atoms with Crippen molar-refractivity contribution in [3.63, 3.8) is 0 Å². The second-order valence-corrected chi connectivity index (χ2v) is 12.1. The number of nitrogens with zero attached hydrogens (tertiary/aromatic N) is 2. The van der Waals surface area contributed by atoms with Crippen LogP contribution >= 0.6 is 11.6 Å². The maximum atomic E-state index is 13.3. The van der Waals surface area contributed by atoms with Gasteiger partial charge in [-0.2, -0.15) is 0 Å². The Morgan fingerprint density at radius 2 is 1.74 bits per heavy atom. The lowest BCUT2D eigenvalue weighted by atomic mass is 9.86. The molecule has 0 unspecified atom stereocenters. The molecule has 35 heavy (non-hydrogen) atoms. The van der Waals surface area contributed by atoms with Crippen LogP contribution in [0.1, 0.15) is 59.1 Å². The minimum atomic E-state index is -3.87. The van der Waals surface area contributed by atoms with Crippen LogP contribution in [-0.4, -0.2) is 49.2 Å². The Morgan fingerprint density at radius 1 is 1.11 bits per heavy atom. The molecule has 1 atom stereocenters. The molecule has 10 heteroatoms. The van der Waals surface area contributed by atoms with Crippen molar-refractivity contribution in [2.45, 2.75) is 70.1 Å². The van der Waals surface area contributed by atoms with Crippen molar-refractivity contribution in [2.24, 2.45) is 5.92 Å². The number of rotatable bonds is 7. The molecule has 1 aromatic heterocycles. The summed E-state index contributed by atoms with van der Waals surface area (Å²) in [5.74, 6) is 0.337. The molecule has 192 valence electrons. The molecular weight excluding hydrogens is 490 g/mol. The summed E-state index contributed by atoms with van der Waals surface area (Å²) in [4.78, 5) is 18.3. The van der Waals surface area contributed by atoms with Crippen molar-refractivity contribution < 1.29 is 22.7 Å². The van der Waals surface area contributed by atoms with Gasteiger partial charge in [0.1, 0.15) is 10.5 Å². The second-order valence-electron chi connectivity index (χ2n) is 9.95. The third kappa shape index (κ3) is 7.81. The van der Waals surface area contributed by atoms with Gasteiger partial charge in [-0.25, -0.2) is 22.9 Å². The van der Waals surface area contributed by atoms with Crippen LogP contribution in [0, 0.1) is 5.92 Å². The number of hydrogen-bond donors (Lipinski definition) is 1. The first-order chi connectivity index (χ1) is 16.3. The Hall–Kier alpha value is -2.36. The first-order valence-electron chi connectivity index (χ1n) is 11.7. The van der Waals surface area contributed by atoms with E-state index in [1.807, 2.05) is 46.8 Å². The van der Waals surface area contributed by atoms with E-state index in [9.17, 15) is 13.2 Å². The Balaban J connectivity index is 1.78. The van der Waals surface area contributed by atoms with Crippen LogP contribution in [0.3, 0.4) is 0 Å². The maximum Gasteiger partial charge on any atom is 0.410 e. The van der Waals surface area contributed by atoms with E-state index in [0.29, 0.717) is 36.8 Å². The average molecular weight is 524 g/mol. The highest BCUT2D eigenvalue weighted by Crippen LogP contribution is 2.33. The van der Waals surface area contributed by atoms with Crippen LogP contribution in [0.4, 0.5) is 4.79 Å². The van der Waals surface area contributed by atoms with Gasteiger partial charge in [-0.15, -0.1) is 0 Å². The number of carbonyl (C=O) groups is 1. The van der Waals surface area contributed by atoms with Gasteiger partial charge in [-0.05, 0) is 77.1 Å². The number of aromatic nitrogens is 1. The van der Waals surface area contributed by atoms with Gasteiger partial charge in [0.15, 0.2) is 0 Å². The molecule has 0 saturated carbocycles. The molecule has 8 nitrogen and oxygen atoms in total. The molecular formula is C25H34ClN3O5S. The fourth-order valence-electron chi connectivity index (χ4n) is 3.92. The van der Waals surface area contributed by atoms with Crippen LogP contribution in [0.5, 0.6) is 5.88 Å². The fraction of sp³-hybridized carbons (Fsp3) is 0.520. The van der Waals surface area contributed by atoms with E-state index < -0.39 is 21.7 Å². The lowest BCUT2D eigenvalue weighted by molar-refractivity contribution is 0.0172. The monoisotopic (exact) mass is 523 g/mol. The number of halogens is 1. The highest BCUT2D eigenvalue weighted by molar-refractivity contribution is 7.89. The average Bonchev–Trinajstić information content (AvgIpc) is 2.77. The number of likely N-dealkylation sites (tertiary alicyclic amines) is 1. The van der Waals surface area contributed by atoms with Crippen LogP contribution < -0.4 is 9.46 Å². The lowest BCUT2D eigenvalue weighted by Gasteiger charge is -2.37. The van der Waals surface area contributed by atoms with E-state index in [1.54, 1.807) is 23.1 Å². The van der Waals surface area contributed by atoms with Crippen molar-refractivity contribution >= 4 is 27.7 Å². The minimum absolute atomic E-state index is 0.0267. The van der Waals surface area contributed by atoms with Crippen LogP contribution in [0.2, 0.25) is 5.02 Å². The Labute approximate surface area is 213 Å². The molecule has 0 spiro atoms. The summed E-state index contributed by atoms with van der Waals surface area (Å²) in [5, 5.41) is 0.569. The molecule has 1 aliphatic rings. The van der Waals surface area contributed by atoms with Crippen molar-refractivity contribution in [3.8, 4) is 5.88 Å². The zero-order valence-corrected chi connectivity index (χ0v) is 22.4. The van der Waals surface area contributed by atoms with Crippen LogP contribution in [0.15, 0.2) is 47.5 Å². The number of nitrogens with one attached hydrogen (secondary N) is 1. The number of carbonyl (C=O) groups excluding carboxylic acids is 1. The van der Waals surface area contributed by atoms with E-state index in [1.165, 1.54) is 12.3 Å².